The normalized spacial score (nSPS) is 14.5. The number of nitrogens with zero attached hydrogens (tertiary/aromatic N) is 4. The van der Waals surface area contributed by atoms with Crippen LogP contribution in [0.2, 0.25) is 0 Å². The minimum absolute atomic E-state index is 0.00880. The highest BCUT2D eigenvalue weighted by Gasteiger charge is 2.34. The number of alkyl halides is 3. The lowest BCUT2D eigenvalue weighted by Gasteiger charge is -2.24. The molecule has 0 spiro atoms. The predicted octanol–water partition coefficient (Wildman–Crippen LogP) is 7.05. The third-order valence-electron chi connectivity index (χ3n) is 8.11. The van der Waals surface area contributed by atoms with Crippen LogP contribution in [0.25, 0.3) is 11.1 Å². The molecule has 1 aliphatic carbocycles. The van der Waals surface area contributed by atoms with Gasteiger partial charge in [-0.3, -0.25) is 4.98 Å². The Kier molecular flexibility index (Phi) is 8.39. The summed E-state index contributed by atoms with van der Waals surface area (Å²) in [5.41, 5.74) is 3.34. The van der Waals surface area contributed by atoms with E-state index < -0.39 is 21.8 Å². The molecule has 46 heavy (non-hydrogen) atoms. The first kappa shape index (κ1) is 31.0. The number of halogens is 3. The van der Waals surface area contributed by atoms with Crippen LogP contribution in [0.3, 0.4) is 0 Å². The second-order valence-corrected chi connectivity index (χ2v) is 12.6. The maximum atomic E-state index is 14.2. The summed E-state index contributed by atoms with van der Waals surface area (Å²) < 4.78 is 81.5. The summed E-state index contributed by atoms with van der Waals surface area (Å²) in [6.45, 7) is -0.111. The summed E-state index contributed by atoms with van der Waals surface area (Å²) in [4.78, 5) is 12.5. The van der Waals surface area contributed by atoms with Gasteiger partial charge < -0.3 is 9.47 Å². The maximum Gasteiger partial charge on any atom is 0.416 e. The fraction of sp³-hybridized carbons (Fsp3) is 0.206. The average Bonchev–Trinajstić information content (AvgIpc) is 3.50. The van der Waals surface area contributed by atoms with Crippen LogP contribution in [0.5, 0.6) is 11.5 Å². The highest BCUT2D eigenvalue weighted by molar-refractivity contribution is 7.92. The molecule has 6 rings (SSSR count). The Balaban J connectivity index is 1.39. The van der Waals surface area contributed by atoms with E-state index in [9.17, 15) is 21.6 Å². The van der Waals surface area contributed by atoms with Gasteiger partial charge in [0.25, 0.3) is 10.0 Å². The van der Waals surface area contributed by atoms with Gasteiger partial charge in [-0.1, -0.05) is 12.1 Å². The molecule has 8 nitrogen and oxygen atoms in total. The Morgan fingerprint density at radius 3 is 2.30 bits per heavy atom. The van der Waals surface area contributed by atoms with Crippen molar-refractivity contribution in [1.29, 1.82) is 0 Å². The van der Waals surface area contributed by atoms with E-state index in [1.807, 2.05) is 0 Å². The number of pyridine rings is 1. The van der Waals surface area contributed by atoms with Crippen molar-refractivity contribution in [3.63, 3.8) is 0 Å². The van der Waals surface area contributed by atoms with Crippen molar-refractivity contribution in [3.8, 4) is 22.6 Å². The highest BCUT2D eigenvalue weighted by Crippen LogP contribution is 2.44. The molecule has 2 aromatic heterocycles. The van der Waals surface area contributed by atoms with Gasteiger partial charge in [0.05, 0.1) is 31.2 Å². The van der Waals surface area contributed by atoms with Gasteiger partial charge in [0.15, 0.2) is 0 Å². The van der Waals surface area contributed by atoms with Crippen LogP contribution in [-0.4, -0.2) is 37.6 Å². The van der Waals surface area contributed by atoms with E-state index in [-0.39, 0.29) is 23.3 Å². The minimum atomic E-state index is -4.50. The van der Waals surface area contributed by atoms with Gasteiger partial charge in [-0.2, -0.15) is 13.2 Å². The monoisotopic (exact) mass is 646 g/mol. The zero-order chi connectivity index (χ0) is 32.5. The van der Waals surface area contributed by atoms with E-state index in [0.29, 0.717) is 41.0 Å². The summed E-state index contributed by atoms with van der Waals surface area (Å²) >= 11 is 0. The van der Waals surface area contributed by atoms with Crippen molar-refractivity contribution >= 4 is 16.0 Å². The SMILES string of the molecule is COc1ccc(CN(c2ncccn2)S(=O)(=O)c2ccc3c(c2)CC[C@@H]3c2ccc(C(F)(F)F)cc2-c2ccncc2)c(OC)c1. The van der Waals surface area contributed by atoms with Gasteiger partial charge in [0.1, 0.15) is 11.5 Å². The van der Waals surface area contributed by atoms with Crippen molar-refractivity contribution in [1.82, 2.24) is 15.0 Å². The fourth-order valence-electron chi connectivity index (χ4n) is 5.84. The van der Waals surface area contributed by atoms with Crippen molar-refractivity contribution in [2.75, 3.05) is 18.5 Å². The third-order valence-corrected chi connectivity index (χ3v) is 9.83. The quantitative estimate of drug-likeness (QED) is 0.169. The lowest BCUT2D eigenvalue weighted by Crippen LogP contribution is -2.32. The maximum absolute atomic E-state index is 14.2. The van der Waals surface area contributed by atoms with Gasteiger partial charge in [-0.25, -0.2) is 22.7 Å². The number of methoxy groups -OCH3 is 2. The molecule has 0 saturated carbocycles. The average molecular weight is 647 g/mol. The zero-order valence-electron chi connectivity index (χ0n) is 24.9. The molecule has 0 fully saturated rings. The van der Waals surface area contributed by atoms with Gasteiger partial charge in [0, 0.05) is 42.3 Å². The Labute approximate surface area is 264 Å². The van der Waals surface area contributed by atoms with Crippen LogP contribution < -0.4 is 13.8 Å². The number of fused-ring (bicyclic) bond motifs is 1. The van der Waals surface area contributed by atoms with Crippen LogP contribution in [-0.2, 0) is 29.2 Å². The number of anilines is 1. The van der Waals surface area contributed by atoms with Crippen LogP contribution >= 0.6 is 0 Å². The predicted molar refractivity (Wildman–Crippen MR) is 166 cm³/mol. The smallest absolute Gasteiger partial charge is 0.416 e. The first-order valence-electron chi connectivity index (χ1n) is 14.3. The number of ether oxygens (including phenoxy) is 2. The number of hydrogen-bond acceptors (Lipinski definition) is 7. The number of aromatic nitrogens is 3. The molecule has 3 aromatic carbocycles. The summed E-state index contributed by atoms with van der Waals surface area (Å²) in [5, 5.41) is 0. The molecular weight excluding hydrogens is 617 g/mol. The summed E-state index contributed by atoms with van der Waals surface area (Å²) in [5.74, 6) is 0.757. The molecule has 2 heterocycles. The molecule has 236 valence electrons. The molecule has 1 atom stereocenters. The Hall–Kier alpha value is -4.97. The topological polar surface area (TPSA) is 94.5 Å². The minimum Gasteiger partial charge on any atom is -0.497 e. The van der Waals surface area contributed by atoms with E-state index >= 15 is 0 Å². The zero-order valence-corrected chi connectivity index (χ0v) is 25.7. The molecule has 0 unspecified atom stereocenters. The van der Waals surface area contributed by atoms with Crippen LogP contribution in [0, 0.1) is 0 Å². The molecule has 0 saturated heterocycles. The van der Waals surface area contributed by atoms with Gasteiger partial charge in [-0.05, 0) is 95.3 Å². The van der Waals surface area contributed by atoms with Crippen molar-refractivity contribution in [3.05, 3.63) is 125 Å². The van der Waals surface area contributed by atoms with Crippen LogP contribution in [0.4, 0.5) is 19.1 Å². The molecule has 1 aliphatic rings. The van der Waals surface area contributed by atoms with Gasteiger partial charge in [0.2, 0.25) is 5.95 Å². The Morgan fingerprint density at radius 2 is 1.61 bits per heavy atom. The molecule has 0 N–H and O–H groups in total. The number of aryl methyl sites for hydroxylation is 1. The molecule has 0 amide bonds. The lowest BCUT2D eigenvalue weighted by molar-refractivity contribution is -0.137. The standard InChI is InChI=1S/C34H29F3N4O4S/c1-44-26-7-4-24(32(20-26)45-2)21-41(33-39-14-3-15-40-33)46(42,43)27-8-11-28-23(18-27)5-9-29(28)30-10-6-25(34(35,36)37)19-31(30)22-12-16-38-17-13-22/h3-4,6-8,10-20,29H,5,9,21H2,1-2H3/t29-/m0/s1. The molecule has 0 radical (unpaired) electrons. The van der Waals surface area contributed by atoms with E-state index in [1.54, 1.807) is 60.9 Å². The van der Waals surface area contributed by atoms with Gasteiger partial charge >= 0.3 is 6.18 Å². The van der Waals surface area contributed by atoms with Gasteiger partial charge in [-0.15, -0.1) is 0 Å². The Morgan fingerprint density at radius 1 is 0.870 bits per heavy atom. The molecule has 0 bridgehead atoms. The molecular formula is C34H29F3N4O4S. The first-order chi connectivity index (χ1) is 22.1. The summed E-state index contributed by atoms with van der Waals surface area (Å²) in [6, 6.07) is 18.8. The second-order valence-electron chi connectivity index (χ2n) is 10.7. The highest BCUT2D eigenvalue weighted by atomic mass is 32.2. The number of benzene rings is 3. The van der Waals surface area contributed by atoms with Crippen molar-refractivity contribution in [2.45, 2.75) is 36.4 Å². The van der Waals surface area contributed by atoms with Crippen LogP contribution in [0.1, 0.15) is 40.2 Å². The number of sulfonamides is 1. The van der Waals surface area contributed by atoms with E-state index in [0.717, 1.165) is 27.1 Å². The summed E-state index contributed by atoms with van der Waals surface area (Å²) in [6.07, 6.45) is 2.68. The molecule has 5 aromatic rings. The van der Waals surface area contributed by atoms with Crippen LogP contribution in [0.15, 0.2) is 102 Å². The third kappa shape index (κ3) is 6.00. The summed E-state index contributed by atoms with van der Waals surface area (Å²) in [7, 11) is -1.16. The number of hydrogen-bond donors (Lipinski definition) is 0. The lowest BCUT2D eigenvalue weighted by atomic mass is 9.86. The first-order valence-corrected chi connectivity index (χ1v) is 15.8. The van der Waals surface area contributed by atoms with E-state index in [1.165, 1.54) is 44.8 Å². The molecule has 0 aliphatic heterocycles. The number of rotatable bonds is 9. The van der Waals surface area contributed by atoms with Crippen molar-refractivity contribution < 1.29 is 31.1 Å². The molecule has 12 heteroatoms. The Bertz CT molecular complexity index is 1970. The second kappa shape index (κ2) is 12.4. The fourth-order valence-corrected chi connectivity index (χ4v) is 7.25. The van der Waals surface area contributed by atoms with E-state index in [2.05, 4.69) is 15.0 Å². The van der Waals surface area contributed by atoms with Crippen molar-refractivity contribution in [2.24, 2.45) is 0 Å². The largest absolute Gasteiger partial charge is 0.497 e. The van der Waals surface area contributed by atoms with E-state index in [4.69, 9.17) is 9.47 Å².